The van der Waals surface area contributed by atoms with Gasteiger partial charge in [0, 0.05) is 17.8 Å². The van der Waals surface area contributed by atoms with Crippen LogP contribution in [0.3, 0.4) is 0 Å². The topological polar surface area (TPSA) is 12.9 Å². The van der Waals surface area contributed by atoms with Gasteiger partial charge in [0.05, 0.1) is 0 Å². The van der Waals surface area contributed by atoms with Crippen LogP contribution in [0.5, 0.6) is 0 Å². The monoisotopic (exact) mass is 191 g/mol. The van der Waals surface area contributed by atoms with Crippen LogP contribution in [-0.4, -0.2) is 4.98 Å². The van der Waals surface area contributed by atoms with Crippen LogP contribution >= 0.6 is 0 Å². The van der Waals surface area contributed by atoms with Gasteiger partial charge < -0.3 is 0 Å². The van der Waals surface area contributed by atoms with Crippen LogP contribution in [0.4, 0.5) is 0 Å². The van der Waals surface area contributed by atoms with E-state index in [0.29, 0.717) is 0 Å². The lowest BCUT2D eigenvalue weighted by Gasteiger charge is -2.34. The van der Waals surface area contributed by atoms with E-state index in [1.165, 1.54) is 25.0 Å². The maximum atomic E-state index is 4.37. The summed E-state index contributed by atoms with van der Waals surface area (Å²) >= 11 is 0. The molecule has 0 aliphatic heterocycles. The van der Waals surface area contributed by atoms with Crippen molar-refractivity contribution >= 4 is 0 Å². The molecule has 0 saturated heterocycles. The van der Waals surface area contributed by atoms with Crippen LogP contribution in [-0.2, 0) is 0 Å². The summed E-state index contributed by atoms with van der Waals surface area (Å²) in [6.45, 7) is 6.28. The van der Waals surface area contributed by atoms with Crippen molar-refractivity contribution in [3.05, 3.63) is 30.1 Å². The summed E-state index contributed by atoms with van der Waals surface area (Å²) in [6, 6.07) is 6.22. The smallest absolute Gasteiger partial charge is 0.0434 e. The van der Waals surface area contributed by atoms with Crippen LogP contribution < -0.4 is 0 Å². The van der Waals surface area contributed by atoms with E-state index < -0.39 is 0 Å². The van der Waals surface area contributed by atoms with Crippen molar-refractivity contribution in [2.45, 2.75) is 46.0 Å². The summed E-state index contributed by atoms with van der Waals surface area (Å²) in [6.07, 6.45) is 5.94. The van der Waals surface area contributed by atoms with Crippen LogP contribution in [0.1, 0.15) is 51.6 Å². The quantitative estimate of drug-likeness (QED) is 0.688. The van der Waals surface area contributed by atoms with Crippen molar-refractivity contribution in [1.29, 1.82) is 0 Å². The van der Waals surface area contributed by atoms with Gasteiger partial charge >= 0.3 is 0 Å². The molecule has 1 aliphatic rings. The average molecular weight is 191 g/mol. The van der Waals surface area contributed by atoms with E-state index >= 15 is 0 Å². The summed E-state index contributed by atoms with van der Waals surface area (Å²) in [7, 11) is 0. The molecule has 0 spiro atoms. The molecule has 14 heavy (non-hydrogen) atoms. The van der Waals surface area contributed by atoms with Gasteiger partial charge in [0.15, 0.2) is 0 Å². The van der Waals surface area contributed by atoms with Gasteiger partial charge in [-0.2, -0.15) is 0 Å². The molecule has 1 saturated carbocycles. The summed E-state index contributed by atoms with van der Waals surface area (Å²) in [5.74, 6) is 1.73. The molecule has 1 fully saturated rings. The van der Waals surface area contributed by atoms with Crippen LogP contribution in [0.15, 0.2) is 24.4 Å². The van der Waals surface area contributed by atoms with E-state index in [4.69, 9.17) is 0 Å². The van der Waals surface area contributed by atoms with Crippen molar-refractivity contribution in [2.24, 2.45) is 5.92 Å². The van der Waals surface area contributed by atoms with Gasteiger partial charge in [0.1, 0.15) is 0 Å². The van der Waals surface area contributed by atoms with Gasteiger partial charge in [0.2, 0.25) is 0 Å². The van der Waals surface area contributed by atoms with Gasteiger partial charge in [-0.05, 0) is 30.9 Å². The number of aromatic nitrogens is 1. The molecule has 1 aromatic heterocycles. The fourth-order valence-electron chi connectivity index (χ4n) is 1.93. The first-order chi connectivity index (χ1) is 6.90. The molecular weight excluding hydrogens is 170 g/mol. The van der Waals surface area contributed by atoms with Crippen molar-refractivity contribution in [3.8, 4) is 0 Å². The van der Waals surface area contributed by atoms with E-state index in [1.54, 1.807) is 0 Å². The molecule has 0 N–H and O–H groups in total. The molecule has 0 unspecified atom stereocenters. The molecule has 0 aromatic carbocycles. The lowest BCUT2D eigenvalue weighted by atomic mass is 9.72. The molecule has 0 atom stereocenters. The average Bonchev–Trinajstić information content (AvgIpc) is 2.21. The fourth-order valence-corrected chi connectivity index (χ4v) is 1.93. The molecule has 1 aromatic rings. The van der Waals surface area contributed by atoms with Crippen molar-refractivity contribution in [2.75, 3.05) is 0 Å². The number of hydrogen-bond acceptors (Lipinski definition) is 1. The van der Waals surface area contributed by atoms with E-state index in [2.05, 4.69) is 24.0 Å². The standard InChI is InChI=1S/C11H15N.C2H6/c1-2-9-7-10(8-9)11-5-3-4-6-12-11;1-2/h3-6,9-10H,2,7-8H2,1H3;1-2H3. The van der Waals surface area contributed by atoms with E-state index in [1.807, 2.05) is 26.1 Å². The number of hydrogen-bond donors (Lipinski definition) is 0. The normalized spacial score (nSPS) is 24.5. The maximum absolute atomic E-state index is 4.37. The Hall–Kier alpha value is -0.850. The highest BCUT2D eigenvalue weighted by atomic mass is 14.7. The Morgan fingerprint density at radius 1 is 1.29 bits per heavy atom. The Morgan fingerprint density at radius 2 is 2.00 bits per heavy atom. The molecule has 0 radical (unpaired) electrons. The highest BCUT2D eigenvalue weighted by molar-refractivity contribution is 5.12. The van der Waals surface area contributed by atoms with Crippen molar-refractivity contribution < 1.29 is 0 Å². The zero-order valence-corrected chi connectivity index (χ0v) is 9.53. The third-order valence-corrected chi connectivity index (χ3v) is 2.92. The summed E-state index contributed by atoms with van der Waals surface area (Å²) in [5, 5.41) is 0. The Balaban J connectivity index is 0.000000461. The Morgan fingerprint density at radius 3 is 2.50 bits per heavy atom. The molecule has 0 amide bonds. The van der Waals surface area contributed by atoms with Gasteiger partial charge in [-0.3, -0.25) is 4.98 Å². The number of nitrogens with zero attached hydrogens (tertiary/aromatic N) is 1. The largest absolute Gasteiger partial charge is 0.261 e. The first-order valence-corrected chi connectivity index (χ1v) is 5.81. The first kappa shape index (κ1) is 11.2. The minimum atomic E-state index is 0.760. The Bertz CT molecular complexity index is 237. The lowest BCUT2D eigenvalue weighted by molar-refractivity contribution is 0.252. The van der Waals surface area contributed by atoms with Crippen LogP contribution in [0, 0.1) is 5.92 Å². The zero-order valence-electron chi connectivity index (χ0n) is 9.53. The summed E-state index contributed by atoms with van der Waals surface area (Å²) < 4.78 is 0. The molecule has 1 aliphatic carbocycles. The van der Waals surface area contributed by atoms with Crippen molar-refractivity contribution in [1.82, 2.24) is 4.98 Å². The van der Waals surface area contributed by atoms with Gasteiger partial charge in [-0.1, -0.05) is 33.3 Å². The Labute approximate surface area is 87.6 Å². The maximum Gasteiger partial charge on any atom is 0.0434 e. The first-order valence-electron chi connectivity index (χ1n) is 5.81. The van der Waals surface area contributed by atoms with Gasteiger partial charge in [0.25, 0.3) is 0 Å². The second-order valence-corrected chi connectivity index (χ2v) is 3.70. The Kier molecular flexibility index (Phi) is 4.64. The highest BCUT2D eigenvalue weighted by Gasteiger charge is 2.29. The van der Waals surface area contributed by atoms with Gasteiger partial charge in [-0.25, -0.2) is 0 Å². The minimum Gasteiger partial charge on any atom is -0.261 e. The molecule has 78 valence electrons. The van der Waals surface area contributed by atoms with Crippen molar-refractivity contribution in [3.63, 3.8) is 0 Å². The van der Waals surface area contributed by atoms with E-state index in [0.717, 1.165) is 11.8 Å². The van der Waals surface area contributed by atoms with Gasteiger partial charge in [-0.15, -0.1) is 0 Å². The van der Waals surface area contributed by atoms with Crippen LogP contribution in [0.25, 0.3) is 0 Å². The predicted octanol–water partition coefficient (Wildman–Crippen LogP) is 4.01. The van der Waals surface area contributed by atoms with Crippen LogP contribution in [0.2, 0.25) is 0 Å². The highest BCUT2D eigenvalue weighted by Crippen LogP contribution is 2.42. The van der Waals surface area contributed by atoms with E-state index in [9.17, 15) is 0 Å². The second kappa shape index (κ2) is 5.79. The summed E-state index contributed by atoms with van der Waals surface area (Å²) in [4.78, 5) is 4.37. The molecule has 0 bridgehead atoms. The number of rotatable bonds is 2. The third kappa shape index (κ3) is 2.57. The SMILES string of the molecule is CC.CCC1CC(c2ccccn2)C1. The fraction of sp³-hybridized carbons (Fsp3) is 0.615. The lowest BCUT2D eigenvalue weighted by Crippen LogP contribution is -2.21. The molecule has 1 nitrogen and oxygen atoms in total. The second-order valence-electron chi connectivity index (χ2n) is 3.70. The molecule has 1 heteroatoms. The molecular formula is C13H21N. The minimum absolute atomic E-state index is 0.760. The molecule has 1 heterocycles. The summed E-state index contributed by atoms with van der Waals surface area (Å²) in [5.41, 5.74) is 1.29. The molecule has 2 rings (SSSR count). The third-order valence-electron chi connectivity index (χ3n) is 2.92. The predicted molar refractivity (Wildman–Crippen MR) is 61.3 cm³/mol. The van der Waals surface area contributed by atoms with E-state index in [-0.39, 0.29) is 0 Å². The number of pyridine rings is 1. The zero-order chi connectivity index (χ0) is 10.4.